The number of carbonyl (C=O) groups excluding carboxylic acids is 1. The van der Waals surface area contributed by atoms with Crippen molar-refractivity contribution in [3.63, 3.8) is 0 Å². The van der Waals surface area contributed by atoms with E-state index in [0.29, 0.717) is 35.6 Å². The molecule has 0 fully saturated rings. The number of carbonyl (C=O) groups is 1. The van der Waals surface area contributed by atoms with Gasteiger partial charge in [0.25, 0.3) is 5.56 Å². The molecule has 3 N–H and O–H groups in total. The van der Waals surface area contributed by atoms with Crippen molar-refractivity contribution in [1.82, 2.24) is 14.9 Å². The lowest BCUT2D eigenvalue weighted by atomic mass is 10.1. The summed E-state index contributed by atoms with van der Waals surface area (Å²) in [6, 6.07) is 22.9. The van der Waals surface area contributed by atoms with Gasteiger partial charge in [0.1, 0.15) is 0 Å². The number of sulfonamides is 1. The number of aromatic nitrogens is 2. The number of fused-ring (bicyclic) bond motifs is 1. The number of aryl methyl sites for hydroxylation is 1. The van der Waals surface area contributed by atoms with Crippen LogP contribution in [0.15, 0.2) is 93.7 Å². The fraction of sp³-hybridized carbons (Fsp3) is 0.160. The third-order valence-corrected chi connectivity index (χ3v) is 7.27. The first kappa shape index (κ1) is 24.6. The molecule has 0 bridgehead atoms. The number of nitrogens with two attached hydrogens (primary N) is 1. The predicted octanol–water partition coefficient (Wildman–Crippen LogP) is 2.70. The molecule has 1 amide bonds. The smallest absolute Gasteiger partial charge is 0.262 e. The van der Waals surface area contributed by atoms with Gasteiger partial charge in [-0.3, -0.25) is 14.2 Å². The van der Waals surface area contributed by atoms with Crippen LogP contribution in [-0.2, 0) is 34.3 Å². The van der Waals surface area contributed by atoms with E-state index in [1.807, 2.05) is 36.4 Å². The highest BCUT2D eigenvalue weighted by Crippen LogP contribution is 2.19. The van der Waals surface area contributed by atoms with Crippen LogP contribution in [-0.4, -0.2) is 29.6 Å². The Morgan fingerprint density at radius 2 is 1.63 bits per heavy atom. The maximum Gasteiger partial charge on any atom is 0.262 e. The molecule has 4 rings (SSSR count). The minimum Gasteiger partial charge on any atom is -0.351 e. The summed E-state index contributed by atoms with van der Waals surface area (Å²) in [6.45, 7) is 0.742. The van der Waals surface area contributed by atoms with Crippen molar-refractivity contribution in [2.45, 2.75) is 29.6 Å². The van der Waals surface area contributed by atoms with Gasteiger partial charge >= 0.3 is 0 Å². The summed E-state index contributed by atoms with van der Waals surface area (Å²) in [5, 5.41) is 8.99. The number of primary sulfonamides is 1. The molecule has 0 unspecified atom stereocenters. The minimum atomic E-state index is -3.77. The molecule has 1 heterocycles. The molecule has 3 aromatic carbocycles. The maximum absolute atomic E-state index is 13.2. The largest absolute Gasteiger partial charge is 0.351 e. The van der Waals surface area contributed by atoms with Gasteiger partial charge in [-0.2, -0.15) is 0 Å². The highest BCUT2D eigenvalue weighted by Gasteiger charge is 2.14. The molecule has 0 spiro atoms. The van der Waals surface area contributed by atoms with Crippen molar-refractivity contribution >= 4 is 38.6 Å². The molecule has 0 atom stereocenters. The zero-order valence-corrected chi connectivity index (χ0v) is 20.4. The van der Waals surface area contributed by atoms with E-state index >= 15 is 0 Å². The average Bonchev–Trinajstić information content (AvgIpc) is 2.86. The third kappa shape index (κ3) is 6.36. The van der Waals surface area contributed by atoms with E-state index in [4.69, 9.17) is 5.14 Å². The lowest BCUT2D eigenvalue weighted by molar-refractivity contribution is -0.118. The number of nitrogens with one attached hydrogen (secondary N) is 1. The molecule has 0 aliphatic heterocycles. The highest BCUT2D eigenvalue weighted by atomic mass is 32.2. The minimum absolute atomic E-state index is 0.0311. The van der Waals surface area contributed by atoms with Gasteiger partial charge in [-0.1, -0.05) is 66.4 Å². The van der Waals surface area contributed by atoms with Crippen LogP contribution >= 0.6 is 11.8 Å². The monoisotopic (exact) mass is 508 g/mol. The van der Waals surface area contributed by atoms with Gasteiger partial charge in [-0.05, 0) is 41.8 Å². The van der Waals surface area contributed by atoms with E-state index in [9.17, 15) is 18.0 Å². The standard InChI is InChI=1S/C25H24N4O4S2/c26-35(32,33)20-12-10-18(11-13-20)14-15-29-24(31)21-8-4-5-9-22(21)28-25(29)34-17-23(30)27-16-19-6-2-1-3-7-19/h1-13H,14-17H2,(H,27,30)(H2,26,32,33). The zero-order chi connectivity index (χ0) is 24.8. The van der Waals surface area contributed by atoms with Gasteiger partial charge in [-0.25, -0.2) is 18.5 Å². The SMILES string of the molecule is NS(=O)(=O)c1ccc(CCn2c(SCC(=O)NCc3ccccc3)nc3ccccc3c2=O)cc1. The Bertz CT molecular complexity index is 1500. The number of nitrogens with zero attached hydrogens (tertiary/aromatic N) is 2. The lowest BCUT2D eigenvalue weighted by Crippen LogP contribution is -2.27. The molecular weight excluding hydrogens is 484 g/mol. The number of thioether (sulfide) groups is 1. The van der Waals surface area contributed by atoms with E-state index < -0.39 is 10.0 Å². The van der Waals surface area contributed by atoms with Gasteiger partial charge in [0.2, 0.25) is 15.9 Å². The van der Waals surface area contributed by atoms with Crippen molar-refractivity contribution in [1.29, 1.82) is 0 Å². The molecule has 10 heteroatoms. The maximum atomic E-state index is 13.2. The Balaban J connectivity index is 1.51. The van der Waals surface area contributed by atoms with Crippen LogP contribution in [0.2, 0.25) is 0 Å². The molecule has 8 nitrogen and oxygen atoms in total. The van der Waals surface area contributed by atoms with Crippen molar-refractivity contribution in [3.05, 3.63) is 100 Å². The Morgan fingerprint density at radius 1 is 0.943 bits per heavy atom. The second kappa shape index (κ2) is 10.9. The van der Waals surface area contributed by atoms with Crippen LogP contribution in [0.3, 0.4) is 0 Å². The summed E-state index contributed by atoms with van der Waals surface area (Å²) in [5.41, 5.74) is 2.22. The number of hydrogen-bond donors (Lipinski definition) is 2. The molecule has 0 aliphatic rings. The normalized spacial score (nSPS) is 11.5. The fourth-order valence-electron chi connectivity index (χ4n) is 3.52. The van der Waals surface area contributed by atoms with Crippen LogP contribution in [0.4, 0.5) is 0 Å². The number of para-hydroxylation sites is 1. The first-order valence-corrected chi connectivity index (χ1v) is 13.4. The summed E-state index contributed by atoms with van der Waals surface area (Å²) in [7, 11) is -3.77. The first-order valence-electron chi connectivity index (χ1n) is 10.9. The Kier molecular flexibility index (Phi) is 7.64. The Hall–Kier alpha value is -3.47. The Labute approximate surface area is 207 Å². The van der Waals surface area contributed by atoms with Crippen LogP contribution in [0.25, 0.3) is 10.9 Å². The number of rotatable bonds is 9. The molecule has 180 valence electrons. The van der Waals surface area contributed by atoms with E-state index in [1.165, 1.54) is 23.9 Å². The van der Waals surface area contributed by atoms with Crippen molar-refractivity contribution < 1.29 is 13.2 Å². The number of hydrogen-bond acceptors (Lipinski definition) is 6. The molecule has 0 saturated carbocycles. The zero-order valence-electron chi connectivity index (χ0n) is 18.8. The average molecular weight is 509 g/mol. The number of amides is 1. The molecule has 0 saturated heterocycles. The highest BCUT2D eigenvalue weighted by molar-refractivity contribution is 7.99. The summed E-state index contributed by atoms with van der Waals surface area (Å²) < 4.78 is 24.5. The van der Waals surface area contributed by atoms with E-state index in [2.05, 4.69) is 10.3 Å². The molecule has 1 aromatic heterocycles. The molecule has 35 heavy (non-hydrogen) atoms. The van der Waals surface area contributed by atoms with Gasteiger partial charge in [0.15, 0.2) is 5.16 Å². The van der Waals surface area contributed by atoms with E-state index in [-0.39, 0.29) is 22.1 Å². The number of benzene rings is 3. The second-order valence-electron chi connectivity index (χ2n) is 7.86. The van der Waals surface area contributed by atoms with Crippen molar-refractivity contribution in [3.8, 4) is 0 Å². The van der Waals surface area contributed by atoms with Crippen molar-refractivity contribution in [2.24, 2.45) is 5.14 Å². The topological polar surface area (TPSA) is 124 Å². The second-order valence-corrected chi connectivity index (χ2v) is 10.4. The Morgan fingerprint density at radius 3 is 2.34 bits per heavy atom. The van der Waals surface area contributed by atoms with Gasteiger partial charge < -0.3 is 5.32 Å². The molecule has 0 aliphatic carbocycles. The molecule has 0 radical (unpaired) electrons. The van der Waals surface area contributed by atoms with Crippen LogP contribution in [0.5, 0.6) is 0 Å². The van der Waals surface area contributed by atoms with Gasteiger partial charge in [0.05, 0.1) is 21.6 Å². The van der Waals surface area contributed by atoms with Crippen LogP contribution < -0.4 is 16.0 Å². The van der Waals surface area contributed by atoms with Gasteiger partial charge in [0, 0.05) is 13.1 Å². The van der Waals surface area contributed by atoms with Gasteiger partial charge in [-0.15, -0.1) is 0 Å². The fourth-order valence-corrected chi connectivity index (χ4v) is 4.89. The van der Waals surface area contributed by atoms with E-state index in [1.54, 1.807) is 34.9 Å². The summed E-state index contributed by atoms with van der Waals surface area (Å²) in [6.07, 6.45) is 0.471. The summed E-state index contributed by atoms with van der Waals surface area (Å²) >= 11 is 1.20. The quantitative estimate of drug-likeness (QED) is 0.265. The lowest BCUT2D eigenvalue weighted by Gasteiger charge is -2.13. The van der Waals surface area contributed by atoms with Crippen LogP contribution in [0.1, 0.15) is 11.1 Å². The van der Waals surface area contributed by atoms with Crippen LogP contribution in [0, 0.1) is 0 Å². The third-order valence-electron chi connectivity index (χ3n) is 5.37. The summed E-state index contributed by atoms with van der Waals surface area (Å²) in [5.74, 6) is -0.0490. The summed E-state index contributed by atoms with van der Waals surface area (Å²) in [4.78, 5) is 30.3. The molecule has 4 aromatic rings. The van der Waals surface area contributed by atoms with Crippen molar-refractivity contribution in [2.75, 3.05) is 5.75 Å². The van der Waals surface area contributed by atoms with E-state index in [0.717, 1.165) is 11.1 Å². The predicted molar refractivity (Wildman–Crippen MR) is 137 cm³/mol. The molecular formula is C25H24N4O4S2. The first-order chi connectivity index (χ1) is 16.8.